The Bertz CT molecular complexity index is 942. The van der Waals surface area contributed by atoms with Crippen LogP contribution in [0.4, 0.5) is 5.69 Å². The van der Waals surface area contributed by atoms with Crippen molar-refractivity contribution in [1.82, 2.24) is 9.21 Å². The van der Waals surface area contributed by atoms with Crippen LogP contribution in [-0.4, -0.2) is 55.8 Å². The van der Waals surface area contributed by atoms with Gasteiger partial charge in [0.1, 0.15) is 5.75 Å². The lowest BCUT2D eigenvalue weighted by atomic mass is 10.3. The number of benzene rings is 2. The summed E-state index contributed by atoms with van der Waals surface area (Å²) in [7, 11) is -1.89. The van der Waals surface area contributed by atoms with Crippen molar-refractivity contribution < 1.29 is 18.1 Å². The lowest BCUT2D eigenvalue weighted by molar-refractivity contribution is -0.385. The molecular weight excluding hydrogens is 394 g/mol. The maximum absolute atomic E-state index is 12.8. The monoisotopic (exact) mass is 411 g/mol. The molecule has 0 radical (unpaired) electrons. The first-order chi connectivity index (χ1) is 12.8. The van der Waals surface area contributed by atoms with Crippen LogP contribution in [0.5, 0.6) is 11.5 Å². The zero-order valence-electron chi connectivity index (χ0n) is 14.5. The second-order valence-corrected chi connectivity index (χ2v) is 8.52. The van der Waals surface area contributed by atoms with Crippen molar-refractivity contribution in [1.29, 1.82) is 0 Å². The summed E-state index contributed by atoms with van der Waals surface area (Å²) >= 11 is 5.81. The Kier molecular flexibility index (Phi) is 5.66. The molecule has 1 aliphatic rings. The molecule has 3 rings (SSSR count). The number of rotatable bonds is 5. The van der Waals surface area contributed by atoms with Crippen LogP contribution in [0.25, 0.3) is 0 Å². The fraction of sp³-hybridized carbons (Fsp3) is 0.294. The highest BCUT2D eigenvalue weighted by molar-refractivity contribution is 7.89. The number of nitrogens with zero attached hydrogens (tertiary/aromatic N) is 3. The van der Waals surface area contributed by atoms with Gasteiger partial charge in [-0.1, -0.05) is 11.6 Å². The molecule has 1 saturated heterocycles. The molecular formula is C17H18ClN3O5S. The van der Waals surface area contributed by atoms with Gasteiger partial charge in [0.2, 0.25) is 15.8 Å². The summed E-state index contributed by atoms with van der Waals surface area (Å²) in [5, 5.41) is 12.0. The Morgan fingerprint density at radius 3 is 2.30 bits per heavy atom. The van der Waals surface area contributed by atoms with Gasteiger partial charge in [-0.05, 0) is 43.4 Å². The Balaban J connectivity index is 1.91. The van der Waals surface area contributed by atoms with Crippen LogP contribution in [0.15, 0.2) is 47.4 Å². The smallest absolute Gasteiger partial charge is 0.312 e. The van der Waals surface area contributed by atoms with E-state index in [1.165, 1.54) is 16.4 Å². The van der Waals surface area contributed by atoms with Gasteiger partial charge < -0.3 is 9.64 Å². The number of nitro groups is 1. The van der Waals surface area contributed by atoms with E-state index in [1.54, 1.807) is 24.3 Å². The molecule has 2 aromatic carbocycles. The number of ether oxygens (including phenoxy) is 1. The highest BCUT2D eigenvalue weighted by Crippen LogP contribution is 2.34. The molecule has 0 amide bonds. The average molecular weight is 412 g/mol. The zero-order valence-corrected chi connectivity index (χ0v) is 16.1. The third-order valence-electron chi connectivity index (χ3n) is 4.27. The molecule has 0 spiro atoms. The Morgan fingerprint density at radius 1 is 1.07 bits per heavy atom. The number of likely N-dealkylation sites (N-methyl/N-ethyl adjacent to an activating group) is 1. The van der Waals surface area contributed by atoms with E-state index in [0.717, 1.165) is 6.07 Å². The molecule has 2 aromatic rings. The van der Waals surface area contributed by atoms with E-state index < -0.39 is 20.6 Å². The number of hydrogen-bond donors (Lipinski definition) is 0. The molecule has 0 atom stereocenters. The minimum Gasteiger partial charge on any atom is -0.450 e. The van der Waals surface area contributed by atoms with Gasteiger partial charge in [-0.2, -0.15) is 4.31 Å². The largest absolute Gasteiger partial charge is 0.450 e. The van der Waals surface area contributed by atoms with E-state index in [1.807, 2.05) is 11.9 Å². The number of hydrogen-bond acceptors (Lipinski definition) is 6. The van der Waals surface area contributed by atoms with Crippen LogP contribution in [-0.2, 0) is 10.0 Å². The number of piperazine rings is 1. The van der Waals surface area contributed by atoms with Crippen LogP contribution in [0.1, 0.15) is 0 Å². The summed E-state index contributed by atoms with van der Waals surface area (Å²) < 4.78 is 32.5. The standard InChI is InChI=1S/C17H18ClN3O5S/c1-19-8-10-20(11-9-19)27(24,25)15-6-7-17(16(12-15)21(22)23)26-14-4-2-13(18)3-5-14/h2-7,12H,8-11H2,1H3. The first-order valence-corrected chi connectivity index (χ1v) is 10.00. The number of nitro benzene ring substituents is 1. The van der Waals surface area contributed by atoms with Crippen molar-refractivity contribution in [2.24, 2.45) is 0 Å². The molecule has 0 aromatic heterocycles. The fourth-order valence-electron chi connectivity index (χ4n) is 2.69. The lowest BCUT2D eigenvalue weighted by Crippen LogP contribution is -2.47. The minimum atomic E-state index is -3.81. The van der Waals surface area contributed by atoms with Gasteiger partial charge in [0.25, 0.3) is 0 Å². The summed E-state index contributed by atoms with van der Waals surface area (Å²) in [5.41, 5.74) is -0.417. The van der Waals surface area contributed by atoms with Gasteiger partial charge in [-0.3, -0.25) is 10.1 Å². The van der Waals surface area contributed by atoms with Crippen LogP contribution in [0, 0.1) is 10.1 Å². The molecule has 144 valence electrons. The van der Waals surface area contributed by atoms with E-state index in [0.29, 0.717) is 37.0 Å². The van der Waals surface area contributed by atoms with Gasteiger partial charge >= 0.3 is 5.69 Å². The first-order valence-electron chi connectivity index (χ1n) is 8.18. The molecule has 0 unspecified atom stereocenters. The van der Waals surface area contributed by atoms with Crippen molar-refractivity contribution in [2.75, 3.05) is 33.2 Å². The molecule has 10 heteroatoms. The van der Waals surface area contributed by atoms with Gasteiger partial charge in [0.05, 0.1) is 9.82 Å². The fourth-order valence-corrected chi connectivity index (χ4v) is 4.26. The Morgan fingerprint density at radius 2 is 1.70 bits per heavy atom. The Hall–Kier alpha value is -2.20. The van der Waals surface area contributed by atoms with Crippen molar-refractivity contribution in [3.63, 3.8) is 0 Å². The zero-order chi connectivity index (χ0) is 19.6. The molecule has 1 fully saturated rings. The molecule has 0 aliphatic carbocycles. The van der Waals surface area contributed by atoms with Crippen LogP contribution in [0.2, 0.25) is 5.02 Å². The van der Waals surface area contributed by atoms with Crippen LogP contribution < -0.4 is 4.74 Å². The lowest BCUT2D eigenvalue weighted by Gasteiger charge is -2.31. The van der Waals surface area contributed by atoms with Crippen molar-refractivity contribution in [3.05, 3.63) is 57.6 Å². The highest BCUT2D eigenvalue weighted by atomic mass is 35.5. The van der Waals surface area contributed by atoms with E-state index in [-0.39, 0.29) is 10.6 Å². The summed E-state index contributed by atoms with van der Waals surface area (Å²) in [6.07, 6.45) is 0. The van der Waals surface area contributed by atoms with E-state index in [2.05, 4.69) is 0 Å². The van der Waals surface area contributed by atoms with Crippen molar-refractivity contribution >= 4 is 27.3 Å². The summed E-state index contributed by atoms with van der Waals surface area (Å²) in [4.78, 5) is 12.7. The topological polar surface area (TPSA) is 93.0 Å². The molecule has 1 aliphatic heterocycles. The van der Waals surface area contributed by atoms with Crippen LogP contribution >= 0.6 is 11.6 Å². The summed E-state index contributed by atoms with van der Waals surface area (Å²) in [6, 6.07) is 9.99. The quantitative estimate of drug-likeness (QED) is 0.554. The summed E-state index contributed by atoms with van der Waals surface area (Å²) in [6.45, 7) is 1.91. The third kappa shape index (κ3) is 4.38. The summed E-state index contributed by atoms with van der Waals surface area (Å²) in [5.74, 6) is 0.317. The molecule has 1 heterocycles. The van der Waals surface area contributed by atoms with Crippen molar-refractivity contribution in [2.45, 2.75) is 4.90 Å². The van der Waals surface area contributed by atoms with E-state index in [9.17, 15) is 18.5 Å². The van der Waals surface area contributed by atoms with Gasteiger partial charge in [-0.25, -0.2) is 8.42 Å². The SMILES string of the molecule is CN1CCN(S(=O)(=O)c2ccc(Oc3ccc(Cl)cc3)c([N+](=O)[O-])c2)CC1. The van der Waals surface area contributed by atoms with Crippen LogP contribution in [0.3, 0.4) is 0 Å². The van der Waals surface area contributed by atoms with E-state index in [4.69, 9.17) is 16.3 Å². The molecule has 0 bridgehead atoms. The van der Waals surface area contributed by atoms with Crippen molar-refractivity contribution in [3.8, 4) is 11.5 Å². The maximum Gasteiger partial charge on any atom is 0.312 e. The molecule has 27 heavy (non-hydrogen) atoms. The van der Waals surface area contributed by atoms with E-state index >= 15 is 0 Å². The second-order valence-electron chi connectivity index (χ2n) is 6.15. The molecule has 8 nitrogen and oxygen atoms in total. The minimum absolute atomic E-state index is 0.0420. The normalized spacial score (nSPS) is 16.2. The van der Waals surface area contributed by atoms with Gasteiger partial charge in [0.15, 0.2) is 0 Å². The third-order valence-corrected chi connectivity index (χ3v) is 6.42. The average Bonchev–Trinajstić information content (AvgIpc) is 2.64. The Labute approximate surface area is 162 Å². The predicted octanol–water partition coefficient (Wildman–Crippen LogP) is 2.98. The maximum atomic E-state index is 12.8. The van der Waals surface area contributed by atoms with Gasteiger partial charge in [-0.15, -0.1) is 0 Å². The molecule has 0 saturated carbocycles. The highest BCUT2D eigenvalue weighted by Gasteiger charge is 2.30. The number of halogens is 1. The second kappa shape index (κ2) is 7.81. The predicted molar refractivity (Wildman–Crippen MR) is 101 cm³/mol. The first kappa shape index (κ1) is 19.6. The number of sulfonamides is 1. The van der Waals surface area contributed by atoms with Gasteiger partial charge in [0, 0.05) is 37.3 Å². The molecule has 0 N–H and O–H groups in total.